The maximum atomic E-state index is 13.1. The SMILES string of the molecule is CCC(NC(=O)Cc1c(C)nc2nc(C)[nH]n2c1=O)c1ccc(F)cc1. The fourth-order valence-electron chi connectivity index (χ4n) is 2.89. The smallest absolute Gasteiger partial charge is 0.277 e. The van der Waals surface area contributed by atoms with Crippen LogP contribution in [0, 0.1) is 19.7 Å². The van der Waals surface area contributed by atoms with E-state index in [0.717, 1.165) is 5.56 Å². The van der Waals surface area contributed by atoms with Crippen LogP contribution in [-0.4, -0.2) is 25.5 Å². The number of halogens is 1. The van der Waals surface area contributed by atoms with Crippen LogP contribution in [0.15, 0.2) is 29.1 Å². The molecule has 2 aromatic heterocycles. The maximum absolute atomic E-state index is 13.1. The van der Waals surface area contributed by atoms with E-state index < -0.39 is 0 Å². The molecule has 1 aromatic carbocycles. The Morgan fingerprint density at radius 2 is 1.96 bits per heavy atom. The molecular formula is C18H20FN5O2. The second-order valence-corrected chi connectivity index (χ2v) is 6.18. The molecule has 0 aliphatic rings. The van der Waals surface area contributed by atoms with E-state index in [4.69, 9.17) is 0 Å². The molecule has 7 nitrogen and oxygen atoms in total. The Morgan fingerprint density at radius 3 is 2.62 bits per heavy atom. The molecule has 8 heteroatoms. The molecule has 0 bridgehead atoms. The van der Waals surface area contributed by atoms with E-state index >= 15 is 0 Å². The highest BCUT2D eigenvalue weighted by atomic mass is 19.1. The molecule has 0 saturated carbocycles. The Hall–Kier alpha value is -3.03. The highest BCUT2D eigenvalue weighted by molar-refractivity contribution is 5.79. The summed E-state index contributed by atoms with van der Waals surface area (Å²) >= 11 is 0. The number of hydrogen-bond donors (Lipinski definition) is 2. The van der Waals surface area contributed by atoms with Gasteiger partial charge < -0.3 is 5.32 Å². The summed E-state index contributed by atoms with van der Waals surface area (Å²) in [5.41, 5.74) is 1.27. The van der Waals surface area contributed by atoms with Gasteiger partial charge in [0.15, 0.2) is 0 Å². The zero-order chi connectivity index (χ0) is 18.8. The van der Waals surface area contributed by atoms with Gasteiger partial charge in [0, 0.05) is 5.56 Å². The van der Waals surface area contributed by atoms with Crippen molar-refractivity contribution >= 4 is 11.7 Å². The van der Waals surface area contributed by atoms with Crippen molar-refractivity contribution in [2.45, 2.75) is 39.7 Å². The van der Waals surface area contributed by atoms with Gasteiger partial charge in [-0.3, -0.25) is 14.7 Å². The number of carbonyl (C=O) groups excluding carboxylic acids is 1. The van der Waals surface area contributed by atoms with Gasteiger partial charge in [0.1, 0.15) is 11.6 Å². The number of fused-ring (bicyclic) bond motifs is 1. The minimum absolute atomic E-state index is 0.0869. The predicted octanol–water partition coefficient (Wildman–Crippen LogP) is 1.98. The molecule has 0 saturated heterocycles. The third-order valence-electron chi connectivity index (χ3n) is 4.26. The van der Waals surface area contributed by atoms with Crippen LogP contribution in [0.2, 0.25) is 0 Å². The van der Waals surface area contributed by atoms with E-state index in [9.17, 15) is 14.0 Å². The first-order chi connectivity index (χ1) is 12.4. The summed E-state index contributed by atoms with van der Waals surface area (Å²) in [6.07, 6.45) is 0.558. The van der Waals surface area contributed by atoms with E-state index in [2.05, 4.69) is 20.4 Å². The molecule has 1 unspecified atom stereocenters. The average molecular weight is 357 g/mol. The zero-order valence-corrected chi connectivity index (χ0v) is 14.8. The molecule has 1 amide bonds. The second-order valence-electron chi connectivity index (χ2n) is 6.18. The van der Waals surface area contributed by atoms with Crippen LogP contribution in [-0.2, 0) is 11.2 Å². The van der Waals surface area contributed by atoms with Crippen LogP contribution in [0.4, 0.5) is 4.39 Å². The first kappa shape index (κ1) is 17.8. The lowest BCUT2D eigenvalue weighted by Crippen LogP contribution is -2.33. The Balaban J connectivity index is 1.82. The normalized spacial score (nSPS) is 12.3. The number of nitrogens with one attached hydrogen (secondary N) is 2. The number of aryl methyl sites for hydroxylation is 2. The van der Waals surface area contributed by atoms with Gasteiger partial charge in [-0.05, 0) is 38.0 Å². The van der Waals surface area contributed by atoms with Crippen LogP contribution in [0.1, 0.15) is 42.0 Å². The average Bonchev–Trinajstić information content (AvgIpc) is 2.98. The van der Waals surface area contributed by atoms with Crippen molar-refractivity contribution in [2.24, 2.45) is 0 Å². The lowest BCUT2D eigenvalue weighted by molar-refractivity contribution is -0.121. The van der Waals surface area contributed by atoms with Crippen LogP contribution < -0.4 is 10.9 Å². The first-order valence-electron chi connectivity index (χ1n) is 8.38. The summed E-state index contributed by atoms with van der Waals surface area (Å²) in [6.45, 7) is 5.34. The van der Waals surface area contributed by atoms with Crippen LogP contribution in [0.3, 0.4) is 0 Å². The van der Waals surface area contributed by atoms with Crippen LogP contribution in [0.25, 0.3) is 5.78 Å². The Labute approximate surface area is 149 Å². The van der Waals surface area contributed by atoms with Crippen molar-refractivity contribution in [3.63, 3.8) is 0 Å². The fraction of sp³-hybridized carbons (Fsp3) is 0.333. The maximum Gasteiger partial charge on any atom is 0.277 e. The number of benzene rings is 1. The van der Waals surface area contributed by atoms with Gasteiger partial charge in [0.05, 0.1) is 18.2 Å². The van der Waals surface area contributed by atoms with Gasteiger partial charge in [0.2, 0.25) is 5.91 Å². The standard InChI is InChI=1S/C18H20FN5O2/c1-4-15(12-5-7-13(19)8-6-12)22-16(25)9-14-10(2)20-18-21-11(3)23-24(18)17(14)26/h5-8,15H,4,9H2,1-3H3,(H,22,25)(H,20,21,23). The molecule has 3 aromatic rings. The molecule has 3 rings (SSSR count). The monoisotopic (exact) mass is 357 g/mol. The third kappa shape index (κ3) is 3.49. The number of H-pyrrole nitrogens is 1. The summed E-state index contributed by atoms with van der Waals surface area (Å²) in [7, 11) is 0. The largest absolute Gasteiger partial charge is 0.349 e. The molecule has 0 spiro atoms. The number of rotatable bonds is 5. The summed E-state index contributed by atoms with van der Waals surface area (Å²) in [6, 6.07) is 5.76. The molecule has 26 heavy (non-hydrogen) atoms. The van der Waals surface area contributed by atoms with E-state index in [1.165, 1.54) is 16.6 Å². The number of nitrogens with zero attached hydrogens (tertiary/aromatic N) is 3. The van der Waals surface area contributed by atoms with E-state index in [1.807, 2.05) is 6.92 Å². The molecule has 0 aliphatic carbocycles. The van der Waals surface area contributed by atoms with E-state index in [1.54, 1.807) is 26.0 Å². The van der Waals surface area contributed by atoms with E-state index in [0.29, 0.717) is 23.5 Å². The van der Waals surface area contributed by atoms with Gasteiger partial charge in [-0.15, -0.1) is 0 Å². The predicted molar refractivity (Wildman–Crippen MR) is 94.4 cm³/mol. The van der Waals surface area contributed by atoms with Gasteiger partial charge in [0.25, 0.3) is 11.3 Å². The first-order valence-corrected chi connectivity index (χ1v) is 8.38. The summed E-state index contributed by atoms with van der Waals surface area (Å²) < 4.78 is 14.3. The van der Waals surface area contributed by atoms with E-state index in [-0.39, 0.29) is 35.5 Å². The molecule has 136 valence electrons. The van der Waals surface area contributed by atoms with Gasteiger partial charge in [-0.25, -0.2) is 9.37 Å². The molecule has 0 fully saturated rings. The quantitative estimate of drug-likeness (QED) is 0.730. The molecule has 0 aliphatic heterocycles. The Bertz CT molecular complexity index is 1010. The van der Waals surface area contributed by atoms with Crippen LogP contribution >= 0.6 is 0 Å². The van der Waals surface area contributed by atoms with Crippen molar-refractivity contribution in [3.05, 3.63) is 63.1 Å². The van der Waals surface area contributed by atoms with Crippen LogP contribution in [0.5, 0.6) is 0 Å². The van der Waals surface area contributed by atoms with Crippen molar-refractivity contribution in [1.82, 2.24) is 24.9 Å². The minimum atomic E-state index is -0.335. The molecule has 1 atom stereocenters. The van der Waals surface area contributed by atoms with Crippen molar-refractivity contribution in [1.29, 1.82) is 0 Å². The Kier molecular flexibility index (Phi) is 4.83. The number of amides is 1. The molecule has 2 N–H and O–H groups in total. The highest BCUT2D eigenvalue weighted by Crippen LogP contribution is 2.17. The summed E-state index contributed by atoms with van der Waals surface area (Å²) in [5.74, 6) is 0.233. The molecule has 0 radical (unpaired) electrons. The highest BCUT2D eigenvalue weighted by Gasteiger charge is 2.18. The lowest BCUT2D eigenvalue weighted by Gasteiger charge is -2.17. The van der Waals surface area contributed by atoms with Gasteiger partial charge in [-0.1, -0.05) is 19.1 Å². The van der Waals surface area contributed by atoms with Crippen molar-refractivity contribution in [2.75, 3.05) is 0 Å². The number of aromatic amines is 1. The second kappa shape index (κ2) is 7.07. The molecular weight excluding hydrogens is 337 g/mol. The minimum Gasteiger partial charge on any atom is -0.349 e. The number of carbonyl (C=O) groups is 1. The number of aromatic nitrogens is 4. The fourth-order valence-corrected chi connectivity index (χ4v) is 2.89. The lowest BCUT2D eigenvalue weighted by atomic mass is 10.0. The summed E-state index contributed by atoms with van der Waals surface area (Å²) in [4.78, 5) is 33.5. The third-order valence-corrected chi connectivity index (χ3v) is 4.26. The topological polar surface area (TPSA) is 92.2 Å². The zero-order valence-electron chi connectivity index (χ0n) is 14.8. The Morgan fingerprint density at radius 1 is 1.27 bits per heavy atom. The van der Waals surface area contributed by atoms with Crippen molar-refractivity contribution in [3.8, 4) is 0 Å². The van der Waals surface area contributed by atoms with Gasteiger partial charge in [-0.2, -0.15) is 9.50 Å². The van der Waals surface area contributed by atoms with Gasteiger partial charge >= 0.3 is 0 Å². The molecule has 2 heterocycles. The summed E-state index contributed by atoms with van der Waals surface area (Å²) in [5, 5.41) is 5.71. The van der Waals surface area contributed by atoms with Crippen molar-refractivity contribution < 1.29 is 9.18 Å². The number of hydrogen-bond acceptors (Lipinski definition) is 4.